The number of halogens is 4. The first-order valence-electron chi connectivity index (χ1n) is 30.8. The molecule has 4 atom stereocenters. The Bertz CT molecular complexity index is 3580. The van der Waals surface area contributed by atoms with Crippen molar-refractivity contribution >= 4 is 73.0 Å². The van der Waals surface area contributed by atoms with Crippen molar-refractivity contribution in [2.24, 2.45) is 0 Å². The van der Waals surface area contributed by atoms with Crippen molar-refractivity contribution in [2.45, 2.75) is 115 Å². The Hall–Kier alpha value is -6.77. The zero-order chi connectivity index (χ0) is 62.0. The number of rotatable bonds is 16. The summed E-state index contributed by atoms with van der Waals surface area (Å²) in [6, 6.07) is 35.6. The van der Waals surface area contributed by atoms with Crippen molar-refractivity contribution in [1.29, 1.82) is 0 Å². The van der Waals surface area contributed by atoms with E-state index < -0.39 is 17.7 Å². The molecule has 2 aliphatic heterocycles. The lowest BCUT2D eigenvalue weighted by molar-refractivity contribution is -0.140. The van der Waals surface area contributed by atoms with Crippen molar-refractivity contribution in [3.05, 3.63) is 233 Å². The number of hydrogen-bond donors (Lipinski definition) is 3. The van der Waals surface area contributed by atoms with Gasteiger partial charge in [-0.25, -0.2) is 14.8 Å². The van der Waals surface area contributed by atoms with Gasteiger partial charge in [0.25, 0.3) is 0 Å². The van der Waals surface area contributed by atoms with E-state index in [-0.39, 0.29) is 29.9 Å². The highest BCUT2D eigenvalue weighted by atomic mass is 79.9. The number of imidazole rings is 2. The number of carbonyl (C=O) groups is 3. The fourth-order valence-corrected chi connectivity index (χ4v) is 14.0. The first-order chi connectivity index (χ1) is 43.1. The van der Waals surface area contributed by atoms with Gasteiger partial charge in [-0.1, -0.05) is 96.0 Å². The van der Waals surface area contributed by atoms with E-state index in [1.165, 1.54) is 22.3 Å². The van der Waals surface area contributed by atoms with Crippen LogP contribution in [0, 0.1) is 0 Å². The fraction of sp³-hybridized carbons (Fsp3) is 0.377. The Morgan fingerprint density at radius 1 is 0.607 bits per heavy atom. The van der Waals surface area contributed by atoms with Crippen LogP contribution in [0.2, 0.25) is 10.0 Å². The largest absolute Gasteiger partial charge is 0.444 e. The van der Waals surface area contributed by atoms with E-state index in [4.69, 9.17) is 37.9 Å². The zero-order valence-corrected chi connectivity index (χ0v) is 55.2. The van der Waals surface area contributed by atoms with Gasteiger partial charge in [-0.3, -0.25) is 34.3 Å². The van der Waals surface area contributed by atoms with E-state index in [0.29, 0.717) is 57.4 Å². The van der Waals surface area contributed by atoms with Gasteiger partial charge in [-0.05, 0) is 185 Å². The zero-order valence-electron chi connectivity index (χ0n) is 50.6. The monoisotopic (exact) mass is 1360 g/mol. The van der Waals surface area contributed by atoms with E-state index in [0.717, 1.165) is 123 Å². The predicted molar refractivity (Wildman–Crippen MR) is 354 cm³/mol. The van der Waals surface area contributed by atoms with Gasteiger partial charge in [0, 0.05) is 121 Å². The average Bonchev–Trinajstić information content (AvgIpc) is 1.95. The third-order valence-electron chi connectivity index (χ3n) is 17.1. The lowest BCUT2D eigenvalue weighted by Gasteiger charge is -2.45. The second-order valence-electron chi connectivity index (χ2n) is 24.4. The smallest absolute Gasteiger partial charge is 0.411 e. The number of piperazine rings is 2. The van der Waals surface area contributed by atoms with Gasteiger partial charge in [0.05, 0.1) is 42.2 Å². The lowest BCUT2D eigenvalue weighted by Crippen LogP contribution is -2.62. The van der Waals surface area contributed by atoms with Crippen LogP contribution < -0.4 is 5.32 Å². The quantitative estimate of drug-likeness (QED) is 0.0841. The highest BCUT2D eigenvalue weighted by molar-refractivity contribution is 9.10. The molecular weight excluding hydrogens is 1290 g/mol. The average molecular weight is 1370 g/mol. The first kappa shape index (κ1) is 63.8. The van der Waals surface area contributed by atoms with E-state index in [2.05, 4.69) is 109 Å². The SMILES string of the molecule is CC(C)(C)OC(=O)N1CCN(C2c3ccc(Cl)cc3CCc3cc(Br)cnc32)C[C@@H]1C(=O)N(CCCc1cnc[nH]1)Cc1ccccc1.O=C([C@H]1CN(C2c3ccc(Cl)cc3CCc3cc(Br)cnc32)CCN1)N(CCCc1cnc[nH]1)Cc1ccccc1. The van der Waals surface area contributed by atoms with Crippen LogP contribution in [0.1, 0.15) is 113 Å². The molecule has 0 bridgehead atoms. The predicted octanol–water partition coefficient (Wildman–Crippen LogP) is 12.3. The Morgan fingerprint density at radius 2 is 1.10 bits per heavy atom. The number of benzene rings is 4. The molecule has 3 amide bonds. The number of aromatic amines is 2. The molecule has 8 aromatic rings. The maximum absolute atomic E-state index is 14.8. The number of H-pyrrole nitrogens is 2. The van der Waals surface area contributed by atoms with Gasteiger partial charge in [0.1, 0.15) is 11.6 Å². The summed E-state index contributed by atoms with van der Waals surface area (Å²) in [5.41, 5.74) is 12.8. The van der Waals surface area contributed by atoms with Crippen molar-refractivity contribution in [3.63, 3.8) is 0 Å². The van der Waals surface area contributed by atoms with Crippen LogP contribution in [0.25, 0.3) is 0 Å². The Kier molecular flexibility index (Phi) is 21.1. The third-order valence-corrected chi connectivity index (χ3v) is 18.4. The molecule has 2 saturated heterocycles. The van der Waals surface area contributed by atoms with E-state index in [1.54, 1.807) is 17.6 Å². The van der Waals surface area contributed by atoms with Crippen LogP contribution in [0.15, 0.2) is 156 Å². The van der Waals surface area contributed by atoms with Crippen LogP contribution in [0.4, 0.5) is 4.79 Å². The minimum absolute atomic E-state index is 0.0341. The maximum Gasteiger partial charge on any atom is 0.411 e. The topological polar surface area (TPSA) is 172 Å². The number of fused-ring (bicyclic) bond motifs is 4. The van der Waals surface area contributed by atoms with Gasteiger partial charge in [0.15, 0.2) is 0 Å². The number of nitrogens with one attached hydrogen (secondary N) is 3. The summed E-state index contributed by atoms with van der Waals surface area (Å²) in [5.74, 6) is 0.0325. The molecule has 2 fully saturated rings. The van der Waals surface area contributed by atoms with Gasteiger partial charge in [0.2, 0.25) is 11.8 Å². The summed E-state index contributed by atoms with van der Waals surface area (Å²) < 4.78 is 7.79. The Labute approximate surface area is 548 Å². The van der Waals surface area contributed by atoms with Gasteiger partial charge in [-0.15, -0.1) is 0 Å². The molecule has 20 heteroatoms. The number of pyridine rings is 2. The number of aryl methyl sites for hydroxylation is 6. The Morgan fingerprint density at radius 3 is 1.60 bits per heavy atom. The summed E-state index contributed by atoms with van der Waals surface area (Å²) in [7, 11) is 0. The Balaban J connectivity index is 0.000000186. The summed E-state index contributed by atoms with van der Waals surface area (Å²) in [6.07, 6.45) is 17.0. The molecule has 16 nitrogen and oxygen atoms in total. The summed E-state index contributed by atoms with van der Waals surface area (Å²) in [6.45, 7) is 11.1. The van der Waals surface area contributed by atoms with Crippen LogP contribution in [-0.2, 0) is 65.9 Å². The molecule has 6 heterocycles. The van der Waals surface area contributed by atoms with Crippen molar-refractivity contribution < 1.29 is 19.1 Å². The molecule has 4 aliphatic rings. The van der Waals surface area contributed by atoms with Crippen LogP contribution in [0.3, 0.4) is 0 Å². The molecule has 3 N–H and O–H groups in total. The van der Waals surface area contributed by atoms with Crippen LogP contribution >= 0.6 is 55.1 Å². The molecule has 0 saturated carbocycles. The molecular formula is C69H76Br2Cl2N12O4. The number of nitrogens with zero attached hydrogens (tertiary/aromatic N) is 9. The molecule has 12 rings (SSSR count). The maximum atomic E-state index is 14.8. The molecule has 0 spiro atoms. The summed E-state index contributed by atoms with van der Waals surface area (Å²) >= 11 is 20.2. The van der Waals surface area contributed by atoms with E-state index in [1.807, 2.05) is 122 Å². The molecule has 0 radical (unpaired) electrons. The third kappa shape index (κ3) is 16.2. The van der Waals surface area contributed by atoms with Gasteiger partial charge < -0.3 is 29.8 Å². The molecule has 4 aromatic heterocycles. The van der Waals surface area contributed by atoms with Crippen molar-refractivity contribution in [1.82, 2.24) is 59.7 Å². The van der Waals surface area contributed by atoms with Crippen molar-refractivity contribution in [3.8, 4) is 0 Å². The molecule has 2 unspecified atom stereocenters. The number of ether oxygens (including phenoxy) is 1. The lowest BCUT2D eigenvalue weighted by atomic mass is 9.95. The second kappa shape index (κ2) is 29.5. The van der Waals surface area contributed by atoms with Gasteiger partial charge in [-0.2, -0.15) is 0 Å². The summed E-state index contributed by atoms with van der Waals surface area (Å²) in [5, 5.41) is 4.99. The summed E-state index contributed by atoms with van der Waals surface area (Å²) in [4.78, 5) is 77.5. The number of aromatic nitrogens is 6. The number of carbonyl (C=O) groups excluding carboxylic acids is 3. The van der Waals surface area contributed by atoms with Crippen LogP contribution in [-0.4, -0.2) is 142 Å². The molecule has 2 aliphatic carbocycles. The standard InChI is InChI=1S/C37H42BrClN6O3.C32H34BrClN6O/c1-37(2,3)48-36(47)45-17-16-43(34-31-14-13-29(39)19-26(31)11-12-27-18-28(38)20-41-33(27)34)23-32(45)35(46)44(22-25-8-5-4-6-9-25)15-7-10-30-21-40-24-42-30;33-25-15-24-9-8-23-16-26(34)10-11-28(23)31(30(24)37-17-25)39-14-12-36-29(20-39)32(41)40(19-22-5-2-1-3-6-22)13-4-7-27-18-35-21-38-27/h4-6,8-9,13-14,18-21,24,32,34H,7,10-12,15-17,22-23H2,1-3H3,(H,40,42);1-3,5-6,10-11,15-18,21,29,31,36H,4,7-9,12-14,19-20H2,(H,35,38)/t32-,34?;29-,31?/m11/s1. The highest BCUT2D eigenvalue weighted by Gasteiger charge is 2.44. The van der Waals surface area contributed by atoms with E-state index in [9.17, 15) is 14.4 Å². The van der Waals surface area contributed by atoms with Gasteiger partial charge >= 0.3 is 6.09 Å². The number of amides is 3. The number of hydrogen-bond acceptors (Lipinski definition) is 11. The minimum atomic E-state index is -0.762. The fourth-order valence-electron chi connectivity index (χ4n) is 12.9. The molecule has 89 heavy (non-hydrogen) atoms. The molecule has 4 aromatic carbocycles. The first-order valence-corrected chi connectivity index (χ1v) is 33.1. The van der Waals surface area contributed by atoms with Crippen molar-refractivity contribution in [2.75, 3.05) is 52.4 Å². The van der Waals surface area contributed by atoms with Crippen LogP contribution in [0.5, 0.6) is 0 Å². The molecule has 464 valence electrons. The highest BCUT2D eigenvalue weighted by Crippen LogP contribution is 2.41. The minimum Gasteiger partial charge on any atom is -0.444 e. The normalized spacial score (nSPS) is 18.4. The second-order valence-corrected chi connectivity index (χ2v) is 27.1. The van der Waals surface area contributed by atoms with E-state index >= 15 is 0 Å².